The van der Waals surface area contributed by atoms with E-state index in [4.69, 9.17) is 11.6 Å². The van der Waals surface area contributed by atoms with Crippen LogP contribution in [0.15, 0.2) is 58.3 Å². The molecule has 0 fully saturated rings. The summed E-state index contributed by atoms with van der Waals surface area (Å²) in [6.07, 6.45) is 0. The van der Waals surface area contributed by atoms with Gasteiger partial charge in [-0.05, 0) is 29.8 Å². The molecule has 0 atom stereocenters. The lowest BCUT2D eigenvalue weighted by molar-refractivity contribution is 0.520. The van der Waals surface area contributed by atoms with Gasteiger partial charge in [-0.2, -0.15) is 0 Å². The van der Waals surface area contributed by atoms with Crippen LogP contribution in [0.4, 0.5) is 0 Å². The van der Waals surface area contributed by atoms with Crippen molar-refractivity contribution in [2.75, 3.05) is 14.1 Å². The Labute approximate surface area is 135 Å². The third kappa shape index (κ3) is 4.01. The number of thioether (sulfide) groups is 1. The molecule has 0 N–H and O–H groups in total. The molecule has 0 saturated carbocycles. The molecule has 0 unspecified atom stereocenters. The van der Waals surface area contributed by atoms with Crippen LogP contribution in [0.5, 0.6) is 0 Å². The summed E-state index contributed by atoms with van der Waals surface area (Å²) < 4.78 is 25.4. The lowest BCUT2D eigenvalue weighted by Crippen LogP contribution is -2.22. The molecular formula is C15H16ClNO2S2. The predicted octanol–water partition coefficient (Wildman–Crippen LogP) is 3.88. The molecule has 0 bridgehead atoms. The molecule has 0 heterocycles. The zero-order valence-electron chi connectivity index (χ0n) is 11.8. The van der Waals surface area contributed by atoms with E-state index in [1.165, 1.54) is 18.4 Å². The molecule has 0 saturated heterocycles. The number of halogens is 1. The van der Waals surface area contributed by atoms with E-state index in [9.17, 15) is 8.42 Å². The van der Waals surface area contributed by atoms with Crippen LogP contribution < -0.4 is 0 Å². The first-order valence-corrected chi connectivity index (χ1v) is 9.10. The third-order valence-corrected chi connectivity index (χ3v) is 6.31. The summed E-state index contributed by atoms with van der Waals surface area (Å²) in [4.78, 5) is 1.30. The van der Waals surface area contributed by atoms with E-state index >= 15 is 0 Å². The molecule has 2 rings (SSSR count). The molecule has 112 valence electrons. The third-order valence-electron chi connectivity index (χ3n) is 2.91. The average Bonchev–Trinajstić information content (AvgIpc) is 2.46. The molecule has 0 aliphatic rings. The van der Waals surface area contributed by atoms with Crippen LogP contribution in [0.2, 0.25) is 5.02 Å². The fourth-order valence-corrected chi connectivity index (χ4v) is 3.88. The summed E-state index contributed by atoms with van der Waals surface area (Å²) in [5.74, 6) is 0.667. The molecule has 0 spiro atoms. The van der Waals surface area contributed by atoms with E-state index in [-0.39, 0.29) is 0 Å². The molecule has 2 aromatic carbocycles. The van der Waals surface area contributed by atoms with Crippen molar-refractivity contribution in [3.05, 3.63) is 59.1 Å². The van der Waals surface area contributed by atoms with Gasteiger partial charge >= 0.3 is 0 Å². The number of benzene rings is 2. The Bertz CT molecular complexity index is 730. The second-order valence-corrected chi connectivity index (χ2v) is 8.23. The van der Waals surface area contributed by atoms with Crippen LogP contribution in [0.1, 0.15) is 5.56 Å². The van der Waals surface area contributed by atoms with Crippen molar-refractivity contribution in [3.63, 3.8) is 0 Å². The molecule has 3 nitrogen and oxygen atoms in total. The second kappa shape index (κ2) is 6.83. The van der Waals surface area contributed by atoms with Crippen LogP contribution in [-0.2, 0) is 15.8 Å². The lowest BCUT2D eigenvalue weighted by Gasteiger charge is -2.12. The van der Waals surface area contributed by atoms with Crippen molar-refractivity contribution in [2.24, 2.45) is 0 Å². The van der Waals surface area contributed by atoms with E-state index < -0.39 is 10.0 Å². The first-order chi connectivity index (χ1) is 9.91. The van der Waals surface area contributed by atoms with Crippen LogP contribution >= 0.6 is 23.4 Å². The zero-order valence-corrected chi connectivity index (χ0v) is 14.2. The van der Waals surface area contributed by atoms with Gasteiger partial charge in [0.2, 0.25) is 10.0 Å². The summed E-state index contributed by atoms with van der Waals surface area (Å²) in [6.45, 7) is 0. The molecule has 21 heavy (non-hydrogen) atoms. The summed E-state index contributed by atoms with van der Waals surface area (Å²) >= 11 is 7.70. The van der Waals surface area contributed by atoms with Gasteiger partial charge in [0, 0.05) is 24.7 Å². The van der Waals surface area contributed by atoms with Gasteiger partial charge in [-0.25, -0.2) is 12.7 Å². The van der Waals surface area contributed by atoms with Crippen LogP contribution in [0, 0.1) is 0 Å². The maximum absolute atomic E-state index is 12.1. The number of rotatable bonds is 5. The Morgan fingerprint density at radius 2 is 1.81 bits per heavy atom. The Morgan fingerprint density at radius 3 is 2.48 bits per heavy atom. The quantitative estimate of drug-likeness (QED) is 0.774. The second-order valence-electron chi connectivity index (χ2n) is 4.65. The lowest BCUT2D eigenvalue weighted by atomic mass is 10.2. The smallest absolute Gasteiger partial charge is 0.207 e. The van der Waals surface area contributed by atoms with E-state index in [1.54, 1.807) is 30.0 Å². The molecule has 0 amide bonds. The minimum Gasteiger partial charge on any atom is -0.207 e. The monoisotopic (exact) mass is 341 g/mol. The van der Waals surface area contributed by atoms with Gasteiger partial charge in [-0.15, -0.1) is 11.8 Å². The first-order valence-electron chi connectivity index (χ1n) is 6.30. The summed E-state index contributed by atoms with van der Waals surface area (Å²) in [5, 5.41) is 0.708. The molecule has 0 aliphatic carbocycles. The SMILES string of the molecule is CN(C)S(=O)(=O)c1cccc(CSc2ccccc2Cl)c1. The normalized spacial score (nSPS) is 11.8. The van der Waals surface area contributed by atoms with Crippen LogP contribution in [0.25, 0.3) is 0 Å². The number of nitrogens with zero attached hydrogens (tertiary/aromatic N) is 1. The predicted molar refractivity (Wildman–Crippen MR) is 88.3 cm³/mol. The standard InChI is InChI=1S/C15H16ClNO2S2/c1-17(2)21(18,19)13-7-5-6-12(10-13)11-20-15-9-4-3-8-14(15)16/h3-10H,11H2,1-2H3. The molecule has 0 aromatic heterocycles. The molecule has 0 radical (unpaired) electrons. The highest BCUT2D eigenvalue weighted by molar-refractivity contribution is 7.98. The highest BCUT2D eigenvalue weighted by Crippen LogP contribution is 2.29. The van der Waals surface area contributed by atoms with Gasteiger partial charge in [0.05, 0.1) is 9.92 Å². The zero-order chi connectivity index (χ0) is 15.5. The number of sulfonamides is 1. The van der Waals surface area contributed by atoms with Gasteiger partial charge < -0.3 is 0 Å². The maximum Gasteiger partial charge on any atom is 0.242 e. The molecule has 2 aromatic rings. The topological polar surface area (TPSA) is 37.4 Å². The van der Waals surface area contributed by atoms with Crippen LogP contribution in [0.3, 0.4) is 0 Å². The molecule has 6 heteroatoms. The summed E-state index contributed by atoms with van der Waals surface area (Å²) in [7, 11) is -0.336. The number of hydrogen-bond donors (Lipinski definition) is 0. The summed E-state index contributed by atoms with van der Waals surface area (Å²) in [5.41, 5.74) is 0.947. The molecule has 0 aliphatic heterocycles. The van der Waals surface area contributed by atoms with Gasteiger partial charge in [0.15, 0.2) is 0 Å². The average molecular weight is 342 g/mol. The van der Waals surface area contributed by atoms with Gasteiger partial charge in [-0.1, -0.05) is 35.9 Å². The highest BCUT2D eigenvalue weighted by Gasteiger charge is 2.17. The highest BCUT2D eigenvalue weighted by atomic mass is 35.5. The van der Waals surface area contributed by atoms with Crippen molar-refractivity contribution in [1.82, 2.24) is 4.31 Å². The minimum absolute atomic E-state index is 0.310. The maximum atomic E-state index is 12.1. The first kappa shape index (κ1) is 16.4. The van der Waals surface area contributed by atoms with Crippen molar-refractivity contribution < 1.29 is 8.42 Å². The van der Waals surface area contributed by atoms with Crippen LogP contribution in [-0.4, -0.2) is 26.8 Å². The van der Waals surface area contributed by atoms with E-state index in [2.05, 4.69) is 0 Å². The van der Waals surface area contributed by atoms with E-state index in [0.717, 1.165) is 10.5 Å². The van der Waals surface area contributed by atoms with Crippen molar-refractivity contribution in [1.29, 1.82) is 0 Å². The minimum atomic E-state index is -3.39. The van der Waals surface area contributed by atoms with E-state index in [1.807, 2.05) is 30.3 Å². The van der Waals surface area contributed by atoms with Crippen molar-refractivity contribution >= 4 is 33.4 Å². The Balaban J connectivity index is 2.18. The summed E-state index contributed by atoms with van der Waals surface area (Å²) in [6, 6.07) is 14.6. The Hall–Kier alpha value is -1.01. The number of hydrogen-bond acceptors (Lipinski definition) is 3. The van der Waals surface area contributed by atoms with Gasteiger partial charge in [-0.3, -0.25) is 0 Å². The largest absolute Gasteiger partial charge is 0.242 e. The van der Waals surface area contributed by atoms with E-state index in [0.29, 0.717) is 15.7 Å². The van der Waals surface area contributed by atoms with Crippen molar-refractivity contribution in [3.8, 4) is 0 Å². The van der Waals surface area contributed by atoms with Gasteiger partial charge in [0.1, 0.15) is 0 Å². The Morgan fingerprint density at radius 1 is 1.10 bits per heavy atom. The molecular weight excluding hydrogens is 326 g/mol. The van der Waals surface area contributed by atoms with Crippen molar-refractivity contribution in [2.45, 2.75) is 15.5 Å². The Kier molecular flexibility index (Phi) is 5.32. The fraction of sp³-hybridized carbons (Fsp3) is 0.200. The van der Waals surface area contributed by atoms with Gasteiger partial charge in [0.25, 0.3) is 0 Å². The fourth-order valence-electron chi connectivity index (χ4n) is 1.73.